The van der Waals surface area contributed by atoms with Crippen molar-refractivity contribution in [2.24, 2.45) is 0 Å². The van der Waals surface area contributed by atoms with Crippen LogP contribution in [0.3, 0.4) is 0 Å². The first-order chi connectivity index (χ1) is 9.83. The van der Waals surface area contributed by atoms with E-state index in [9.17, 15) is 4.79 Å². The van der Waals surface area contributed by atoms with Gasteiger partial charge in [-0.15, -0.1) is 0 Å². The maximum Gasteiger partial charge on any atom is 0.166 e. The van der Waals surface area contributed by atoms with E-state index in [1.807, 2.05) is 42.5 Å². The van der Waals surface area contributed by atoms with Gasteiger partial charge in [-0.1, -0.05) is 30.3 Å². The van der Waals surface area contributed by atoms with Gasteiger partial charge in [0.15, 0.2) is 5.78 Å². The first-order valence-electron chi connectivity index (χ1n) is 6.80. The molecule has 0 fully saturated rings. The maximum absolute atomic E-state index is 12.0. The predicted molar refractivity (Wildman–Crippen MR) is 76.3 cm³/mol. The molecule has 0 saturated heterocycles. The van der Waals surface area contributed by atoms with E-state index in [1.54, 1.807) is 6.07 Å². The molecule has 2 aromatic rings. The zero-order chi connectivity index (χ0) is 13.8. The van der Waals surface area contributed by atoms with E-state index in [-0.39, 0.29) is 5.78 Å². The molecule has 0 spiro atoms. The van der Waals surface area contributed by atoms with Crippen LogP contribution in [0.2, 0.25) is 0 Å². The van der Waals surface area contributed by atoms with Crippen LogP contribution in [0.25, 0.3) is 0 Å². The predicted octanol–water partition coefficient (Wildman–Crippen LogP) is 3.62. The SMILES string of the molecule is O=C1CCCOc2ccc(OCc3ccccc3)cc21. The maximum atomic E-state index is 12.0. The van der Waals surface area contributed by atoms with Crippen LogP contribution >= 0.6 is 0 Å². The summed E-state index contributed by atoms with van der Waals surface area (Å²) in [5, 5.41) is 0. The normalized spacial score (nSPS) is 14.1. The summed E-state index contributed by atoms with van der Waals surface area (Å²) in [6.07, 6.45) is 1.31. The van der Waals surface area contributed by atoms with Crippen LogP contribution in [0.15, 0.2) is 48.5 Å². The van der Waals surface area contributed by atoms with Crippen molar-refractivity contribution in [3.63, 3.8) is 0 Å². The Kier molecular flexibility index (Phi) is 3.68. The van der Waals surface area contributed by atoms with Gasteiger partial charge >= 0.3 is 0 Å². The van der Waals surface area contributed by atoms with Crippen molar-refractivity contribution < 1.29 is 14.3 Å². The van der Waals surface area contributed by atoms with Crippen LogP contribution < -0.4 is 9.47 Å². The van der Waals surface area contributed by atoms with Crippen molar-refractivity contribution in [3.05, 3.63) is 59.7 Å². The molecule has 1 aliphatic heterocycles. The van der Waals surface area contributed by atoms with E-state index in [2.05, 4.69) is 0 Å². The standard InChI is InChI=1S/C17H16O3/c18-16-7-4-10-19-17-9-8-14(11-15(16)17)20-12-13-5-2-1-3-6-13/h1-3,5-6,8-9,11H,4,7,10,12H2. The number of rotatable bonds is 3. The fourth-order valence-electron chi connectivity index (χ4n) is 2.23. The van der Waals surface area contributed by atoms with E-state index >= 15 is 0 Å². The minimum atomic E-state index is 0.127. The number of ether oxygens (including phenoxy) is 2. The molecule has 102 valence electrons. The zero-order valence-electron chi connectivity index (χ0n) is 11.2. The van der Waals surface area contributed by atoms with Crippen LogP contribution in [0, 0.1) is 0 Å². The largest absolute Gasteiger partial charge is 0.493 e. The van der Waals surface area contributed by atoms with Crippen LogP contribution in [0.4, 0.5) is 0 Å². The van der Waals surface area contributed by atoms with Crippen molar-refractivity contribution >= 4 is 5.78 Å². The third-order valence-corrected chi connectivity index (χ3v) is 3.31. The highest BCUT2D eigenvalue weighted by Gasteiger charge is 2.17. The van der Waals surface area contributed by atoms with E-state index < -0.39 is 0 Å². The molecule has 2 aromatic carbocycles. The molecule has 3 nitrogen and oxygen atoms in total. The second-order valence-corrected chi connectivity index (χ2v) is 4.81. The summed E-state index contributed by atoms with van der Waals surface area (Å²) in [6.45, 7) is 1.09. The van der Waals surface area contributed by atoms with Gasteiger partial charge in [-0.3, -0.25) is 4.79 Å². The molecule has 0 amide bonds. The van der Waals surface area contributed by atoms with Gasteiger partial charge in [-0.2, -0.15) is 0 Å². The lowest BCUT2D eigenvalue weighted by Gasteiger charge is -2.10. The Hall–Kier alpha value is -2.29. The molecule has 0 saturated carbocycles. The second kappa shape index (κ2) is 5.78. The number of benzene rings is 2. The highest BCUT2D eigenvalue weighted by atomic mass is 16.5. The minimum Gasteiger partial charge on any atom is -0.493 e. The summed E-state index contributed by atoms with van der Waals surface area (Å²) in [5.74, 6) is 1.49. The Morgan fingerprint density at radius 2 is 1.95 bits per heavy atom. The van der Waals surface area contributed by atoms with Gasteiger partial charge < -0.3 is 9.47 Å². The van der Waals surface area contributed by atoms with Gasteiger partial charge in [0, 0.05) is 6.42 Å². The third kappa shape index (κ3) is 2.82. The van der Waals surface area contributed by atoms with E-state index in [4.69, 9.17) is 9.47 Å². The van der Waals surface area contributed by atoms with Crippen molar-refractivity contribution in [2.75, 3.05) is 6.61 Å². The summed E-state index contributed by atoms with van der Waals surface area (Å²) in [6, 6.07) is 15.4. The van der Waals surface area contributed by atoms with Gasteiger partial charge in [0.25, 0.3) is 0 Å². The summed E-state index contributed by atoms with van der Waals surface area (Å²) >= 11 is 0. The van der Waals surface area contributed by atoms with Crippen molar-refractivity contribution in [1.82, 2.24) is 0 Å². The van der Waals surface area contributed by atoms with Crippen LogP contribution in [0.5, 0.6) is 11.5 Å². The second-order valence-electron chi connectivity index (χ2n) is 4.81. The molecule has 3 rings (SSSR count). The lowest BCUT2D eigenvalue weighted by atomic mass is 10.1. The van der Waals surface area contributed by atoms with Crippen LogP contribution in [-0.4, -0.2) is 12.4 Å². The van der Waals surface area contributed by atoms with Crippen molar-refractivity contribution in [3.8, 4) is 11.5 Å². The molecule has 1 heterocycles. The highest BCUT2D eigenvalue weighted by Crippen LogP contribution is 2.28. The molecule has 0 bridgehead atoms. The summed E-state index contributed by atoms with van der Waals surface area (Å²) < 4.78 is 11.3. The fraction of sp³-hybridized carbons (Fsp3) is 0.235. The molecule has 20 heavy (non-hydrogen) atoms. The third-order valence-electron chi connectivity index (χ3n) is 3.31. The highest BCUT2D eigenvalue weighted by molar-refractivity contribution is 5.99. The number of hydrogen-bond acceptors (Lipinski definition) is 3. The number of carbonyl (C=O) groups excluding carboxylic acids is 1. The van der Waals surface area contributed by atoms with Gasteiger partial charge in [0.2, 0.25) is 0 Å². The Labute approximate surface area is 118 Å². The molecule has 0 aliphatic carbocycles. The van der Waals surface area contributed by atoms with Gasteiger partial charge in [0.05, 0.1) is 12.2 Å². The Morgan fingerprint density at radius 3 is 2.80 bits per heavy atom. The van der Waals surface area contributed by atoms with Crippen LogP contribution in [0.1, 0.15) is 28.8 Å². The average Bonchev–Trinajstić information content (AvgIpc) is 2.68. The Bertz CT molecular complexity index is 605. The topological polar surface area (TPSA) is 35.5 Å². The first-order valence-corrected chi connectivity index (χ1v) is 6.80. The van der Waals surface area contributed by atoms with Gasteiger partial charge in [0.1, 0.15) is 18.1 Å². The molecule has 0 radical (unpaired) electrons. The van der Waals surface area contributed by atoms with Crippen molar-refractivity contribution in [1.29, 1.82) is 0 Å². The number of fused-ring (bicyclic) bond motifs is 1. The summed E-state index contributed by atoms with van der Waals surface area (Å²) in [5.41, 5.74) is 1.73. The smallest absolute Gasteiger partial charge is 0.166 e. The lowest BCUT2D eigenvalue weighted by Crippen LogP contribution is -2.00. The van der Waals surface area contributed by atoms with Gasteiger partial charge in [-0.05, 0) is 30.2 Å². The molecule has 0 aromatic heterocycles. The van der Waals surface area contributed by atoms with Crippen molar-refractivity contribution in [2.45, 2.75) is 19.4 Å². The quantitative estimate of drug-likeness (QED) is 0.852. The molecule has 0 atom stereocenters. The lowest BCUT2D eigenvalue weighted by molar-refractivity contribution is 0.0982. The van der Waals surface area contributed by atoms with E-state index in [0.717, 1.165) is 12.0 Å². The average molecular weight is 268 g/mol. The van der Waals surface area contributed by atoms with E-state index in [1.165, 1.54) is 0 Å². The Morgan fingerprint density at radius 1 is 1.10 bits per heavy atom. The van der Waals surface area contributed by atoms with Crippen LogP contribution in [-0.2, 0) is 6.61 Å². The fourth-order valence-corrected chi connectivity index (χ4v) is 2.23. The molecule has 3 heteroatoms. The molecular weight excluding hydrogens is 252 g/mol. The molecule has 1 aliphatic rings. The zero-order valence-corrected chi connectivity index (χ0v) is 11.2. The monoisotopic (exact) mass is 268 g/mol. The number of ketones is 1. The summed E-state index contributed by atoms with van der Waals surface area (Å²) in [7, 11) is 0. The molecule has 0 unspecified atom stereocenters. The van der Waals surface area contributed by atoms with Gasteiger partial charge in [-0.25, -0.2) is 0 Å². The minimum absolute atomic E-state index is 0.127. The first kappa shape index (κ1) is 12.7. The molecule has 0 N–H and O–H groups in total. The van der Waals surface area contributed by atoms with E-state index in [0.29, 0.717) is 36.7 Å². The Balaban J connectivity index is 1.76. The number of hydrogen-bond donors (Lipinski definition) is 0. The molecular formula is C17H16O3. The number of carbonyl (C=O) groups is 1. The summed E-state index contributed by atoms with van der Waals surface area (Å²) in [4.78, 5) is 12.0. The number of Topliss-reactive ketones (excluding diaryl/α,β-unsaturated/α-hetero) is 1.